The van der Waals surface area contributed by atoms with Gasteiger partial charge in [-0.2, -0.15) is 0 Å². The van der Waals surface area contributed by atoms with Crippen LogP contribution in [0.3, 0.4) is 0 Å². The van der Waals surface area contributed by atoms with E-state index >= 15 is 0 Å². The molecule has 264 valence electrons. The molecule has 0 saturated carbocycles. The van der Waals surface area contributed by atoms with E-state index in [1.807, 2.05) is 18.2 Å². The van der Waals surface area contributed by atoms with Crippen LogP contribution in [0, 0.1) is 11.7 Å². The van der Waals surface area contributed by atoms with E-state index in [4.69, 9.17) is 0 Å². The molecule has 0 spiro atoms. The molecular weight excluding hydrogens is 667 g/mol. The average molecular weight is 707 g/mol. The monoisotopic (exact) mass is 706 g/mol. The third-order valence-electron chi connectivity index (χ3n) is 10.9. The summed E-state index contributed by atoms with van der Waals surface area (Å²) in [5.41, 5.74) is 8.93. The van der Waals surface area contributed by atoms with E-state index in [1.165, 1.54) is 34.0 Å². The number of halogens is 2. The Bertz CT molecular complexity index is 2520. The van der Waals surface area contributed by atoms with Gasteiger partial charge in [0.05, 0.1) is 11.4 Å². The maximum atomic E-state index is 14.1. The highest BCUT2D eigenvalue weighted by Crippen LogP contribution is 2.41. The van der Waals surface area contributed by atoms with E-state index < -0.39 is 0 Å². The van der Waals surface area contributed by atoms with Crippen molar-refractivity contribution in [2.75, 3.05) is 9.80 Å². The quantitative estimate of drug-likeness (QED) is 0.155. The zero-order valence-electron chi connectivity index (χ0n) is 30.0. The van der Waals surface area contributed by atoms with Crippen molar-refractivity contribution < 1.29 is 8.78 Å². The number of rotatable bonds is 8. The molecule has 0 N–H and O–H groups in total. The molecule has 0 aromatic heterocycles. The first-order valence-electron chi connectivity index (χ1n) is 18.8. The second-order valence-corrected chi connectivity index (χ2v) is 14.2. The van der Waals surface area contributed by atoms with Crippen LogP contribution in [0.1, 0.15) is 37.2 Å². The molecule has 0 heterocycles. The zero-order valence-corrected chi connectivity index (χ0v) is 30.0. The molecule has 4 heteroatoms. The van der Waals surface area contributed by atoms with Gasteiger partial charge in [-0.1, -0.05) is 115 Å². The highest BCUT2D eigenvalue weighted by molar-refractivity contribution is 5.99. The Hall–Kier alpha value is -6.26. The van der Waals surface area contributed by atoms with Gasteiger partial charge in [0.15, 0.2) is 0 Å². The van der Waals surface area contributed by atoms with E-state index in [2.05, 4.69) is 155 Å². The molecule has 54 heavy (non-hydrogen) atoms. The minimum atomic E-state index is -0.251. The third-order valence-corrected chi connectivity index (χ3v) is 10.9. The summed E-state index contributed by atoms with van der Waals surface area (Å²) in [4.78, 5) is 4.53. The first kappa shape index (κ1) is 33.6. The Labute approximate surface area is 315 Å². The summed E-state index contributed by atoms with van der Waals surface area (Å²) in [5.74, 6) is 0.263. The topological polar surface area (TPSA) is 6.48 Å². The van der Waals surface area contributed by atoms with Gasteiger partial charge < -0.3 is 9.80 Å². The van der Waals surface area contributed by atoms with Crippen molar-refractivity contribution in [1.82, 2.24) is 0 Å². The lowest BCUT2D eigenvalue weighted by atomic mass is 9.83. The number of anilines is 4. The molecule has 2 unspecified atom stereocenters. The second kappa shape index (κ2) is 14.6. The van der Waals surface area contributed by atoms with Crippen LogP contribution in [0.25, 0.3) is 21.5 Å². The first-order valence-corrected chi connectivity index (χ1v) is 18.8. The van der Waals surface area contributed by atoms with Gasteiger partial charge in [-0.05, 0) is 108 Å². The molecule has 0 radical (unpaired) electrons. The van der Waals surface area contributed by atoms with Gasteiger partial charge in [-0.3, -0.25) is 0 Å². The van der Waals surface area contributed by atoms with E-state index in [-0.39, 0.29) is 17.6 Å². The van der Waals surface area contributed by atoms with Crippen molar-refractivity contribution in [3.05, 3.63) is 216 Å². The van der Waals surface area contributed by atoms with Crippen LogP contribution in [0.2, 0.25) is 0 Å². The minimum Gasteiger partial charge on any atom is -0.314 e. The molecule has 3 aliphatic rings. The van der Waals surface area contributed by atoms with Crippen LogP contribution >= 0.6 is 0 Å². The number of allylic oxidation sites excluding steroid dienone is 11. The molecule has 0 amide bonds. The van der Waals surface area contributed by atoms with Gasteiger partial charge in [0.25, 0.3) is 0 Å². The summed E-state index contributed by atoms with van der Waals surface area (Å²) >= 11 is 0. The molecule has 0 fully saturated rings. The zero-order chi connectivity index (χ0) is 36.4. The Balaban J connectivity index is 0.935. The SMILES string of the molecule is FC1=CC=C(N(C2=CCC(C3=CCC(c4ccc(N(c5ccc(F)cc5)c5cccc6ccccc56)cc4)C=C3)C=C2)c2cccc3ccccc23)CC1. The van der Waals surface area contributed by atoms with E-state index in [1.54, 1.807) is 6.08 Å². The van der Waals surface area contributed by atoms with Crippen molar-refractivity contribution in [2.24, 2.45) is 5.92 Å². The minimum absolute atomic E-state index is 0.0667. The molecule has 6 aromatic rings. The maximum Gasteiger partial charge on any atom is 0.123 e. The maximum absolute atomic E-state index is 14.1. The smallest absolute Gasteiger partial charge is 0.123 e. The van der Waals surface area contributed by atoms with E-state index in [0.29, 0.717) is 18.8 Å². The molecule has 2 atom stereocenters. The van der Waals surface area contributed by atoms with E-state index in [9.17, 15) is 8.78 Å². The van der Waals surface area contributed by atoms with Crippen molar-refractivity contribution in [2.45, 2.75) is 31.6 Å². The lowest BCUT2D eigenvalue weighted by Crippen LogP contribution is -2.24. The Kier molecular flexibility index (Phi) is 9.10. The van der Waals surface area contributed by atoms with Gasteiger partial charge in [-0.15, -0.1) is 0 Å². The molecule has 0 saturated heterocycles. The molecule has 9 rings (SSSR count). The lowest BCUT2D eigenvalue weighted by molar-refractivity contribution is 0.579. The van der Waals surface area contributed by atoms with Gasteiger partial charge in [-0.25, -0.2) is 8.78 Å². The second-order valence-electron chi connectivity index (χ2n) is 14.2. The predicted molar refractivity (Wildman–Crippen MR) is 221 cm³/mol. The normalized spacial score (nSPS) is 18.2. The number of hydrogen-bond donors (Lipinski definition) is 0. The fraction of sp³-hybridized carbons (Fsp3) is 0.120. The summed E-state index contributed by atoms with van der Waals surface area (Å²) in [6, 6.07) is 45.1. The fourth-order valence-corrected chi connectivity index (χ4v) is 8.12. The van der Waals surface area contributed by atoms with Crippen LogP contribution in [0.4, 0.5) is 31.5 Å². The highest BCUT2D eigenvalue weighted by atomic mass is 19.1. The Morgan fingerprint density at radius 1 is 0.500 bits per heavy atom. The summed E-state index contributed by atoms with van der Waals surface area (Å²) < 4.78 is 28.1. The van der Waals surface area contributed by atoms with Crippen LogP contribution in [0.5, 0.6) is 0 Å². The number of hydrogen-bond acceptors (Lipinski definition) is 2. The summed E-state index contributed by atoms with van der Waals surface area (Å²) in [7, 11) is 0. The Morgan fingerprint density at radius 3 is 1.69 bits per heavy atom. The molecule has 3 aliphatic carbocycles. The van der Waals surface area contributed by atoms with Crippen LogP contribution in [0.15, 0.2) is 205 Å². The van der Waals surface area contributed by atoms with Gasteiger partial charge in [0, 0.05) is 51.8 Å². The van der Waals surface area contributed by atoms with Crippen molar-refractivity contribution >= 4 is 44.3 Å². The van der Waals surface area contributed by atoms with Crippen LogP contribution < -0.4 is 9.80 Å². The van der Waals surface area contributed by atoms with Crippen molar-refractivity contribution in [3.8, 4) is 0 Å². The van der Waals surface area contributed by atoms with Gasteiger partial charge >= 0.3 is 0 Å². The lowest BCUT2D eigenvalue weighted by Gasteiger charge is -2.33. The van der Waals surface area contributed by atoms with Crippen LogP contribution in [-0.2, 0) is 0 Å². The summed E-state index contributed by atoms with van der Waals surface area (Å²) in [6.45, 7) is 0. The highest BCUT2D eigenvalue weighted by Gasteiger charge is 2.24. The summed E-state index contributed by atoms with van der Waals surface area (Å²) in [5, 5.41) is 4.67. The third kappa shape index (κ3) is 6.60. The number of fused-ring (bicyclic) bond motifs is 2. The van der Waals surface area contributed by atoms with Gasteiger partial charge in [0.2, 0.25) is 0 Å². The van der Waals surface area contributed by atoms with Crippen molar-refractivity contribution in [3.63, 3.8) is 0 Å². The predicted octanol–water partition coefficient (Wildman–Crippen LogP) is 14.1. The Morgan fingerprint density at radius 2 is 1.09 bits per heavy atom. The largest absolute Gasteiger partial charge is 0.314 e. The first-order chi connectivity index (χ1) is 26.6. The average Bonchev–Trinajstić information content (AvgIpc) is 3.23. The molecular formula is C50H40F2N2. The van der Waals surface area contributed by atoms with Crippen molar-refractivity contribution in [1.29, 1.82) is 0 Å². The fourth-order valence-electron chi connectivity index (χ4n) is 8.12. The van der Waals surface area contributed by atoms with Gasteiger partial charge in [0.1, 0.15) is 11.6 Å². The molecule has 0 aliphatic heterocycles. The van der Waals surface area contributed by atoms with E-state index in [0.717, 1.165) is 57.8 Å². The molecule has 6 aromatic carbocycles. The number of nitrogens with zero attached hydrogens (tertiary/aromatic N) is 2. The van der Waals surface area contributed by atoms with Crippen LogP contribution in [-0.4, -0.2) is 0 Å². The standard InChI is InChI=1S/C50H40F2N2/c51-41-23-31-45(32-24-41)53(49-13-5-9-39-7-1-3-11-47(39)49)43-27-19-37(20-28-43)35-15-17-36(18-16-35)38-21-29-44(30-22-38)54(46-33-25-42(52)26-34-46)50-14-6-10-40-8-2-4-12-48(40)50/h1-17,19,21-23,25-31,33-34,36-37H,18,20,24,32H2. The number of benzene rings is 6. The summed E-state index contributed by atoms with van der Waals surface area (Å²) in [6.07, 6.45) is 20.4. The molecule has 0 bridgehead atoms. The molecule has 2 nitrogen and oxygen atoms in total.